The van der Waals surface area contributed by atoms with Crippen LogP contribution in [0.15, 0.2) is 17.5 Å². The zero-order valence-corrected chi connectivity index (χ0v) is 11.0. The molecule has 104 valence electrons. The summed E-state index contributed by atoms with van der Waals surface area (Å²) in [5.41, 5.74) is 5.98. The summed E-state index contributed by atoms with van der Waals surface area (Å²) < 4.78 is 5.70. The van der Waals surface area contributed by atoms with Gasteiger partial charge in [-0.3, -0.25) is 0 Å². The first kappa shape index (κ1) is 13.5. The molecule has 0 aliphatic carbocycles. The lowest BCUT2D eigenvalue weighted by molar-refractivity contribution is 0.0215. The molecule has 1 atom stereocenters. The average molecular weight is 265 g/mol. The van der Waals surface area contributed by atoms with Crippen LogP contribution >= 0.6 is 0 Å². The van der Waals surface area contributed by atoms with Crippen LogP contribution in [-0.4, -0.2) is 47.3 Å². The smallest absolute Gasteiger partial charge is 0.192 e. The number of hydrogen-bond acceptors (Lipinski definition) is 6. The molecule has 0 bridgehead atoms. The number of oxime groups is 1. The van der Waals surface area contributed by atoms with Gasteiger partial charge in [-0.15, -0.1) is 0 Å². The van der Waals surface area contributed by atoms with Crippen molar-refractivity contribution >= 4 is 11.7 Å². The van der Waals surface area contributed by atoms with Gasteiger partial charge in [-0.2, -0.15) is 0 Å². The summed E-state index contributed by atoms with van der Waals surface area (Å²) in [5, 5.41) is 11.8. The van der Waals surface area contributed by atoms with Crippen molar-refractivity contribution in [3.8, 4) is 0 Å². The Morgan fingerprint density at radius 2 is 2.32 bits per heavy atom. The van der Waals surface area contributed by atoms with Crippen LogP contribution in [0, 0.1) is 0 Å². The Balaban J connectivity index is 2.11. The highest BCUT2D eigenvalue weighted by Crippen LogP contribution is 2.18. The third kappa shape index (κ3) is 3.31. The highest BCUT2D eigenvalue weighted by atomic mass is 16.5. The van der Waals surface area contributed by atoms with E-state index in [-0.39, 0.29) is 11.9 Å². The summed E-state index contributed by atoms with van der Waals surface area (Å²) >= 11 is 0. The molecule has 1 aliphatic heterocycles. The molecule has 1 saturated heterocycles. The molecule has 0 saturated carbocycles. The molecule has 0 aromatic carbocycles. The lowest BCUT2D eigenvalue weighted by atomic mass is 10.1. The van der Waals surface area contributed by atoms with E-state index in [4.69, 9.17) is 15.7 Å². The minimum absolute atomic E-state index is 0.0421. The van der Waals surface area contributed by atoms with Crippen molar-refractivity contribution in [2.45, 2.75) is 25.4 Å². The van der Waals surface area contributed by atoms with Gasteiger partial charge in [-0.1, -0.05) is 5.16 Å². The molecule has 3 N–H and O–H groups in total. The van der Waals surface area contributed by atoms with Crippen molar-refractivity contribution in [2.75, 3.05) is 25.1 Å². The van der Waals surface area contributed by atoms with Gasteiger partial charge in [0.1, 0.15) is 0 Å². The van der Waals surface area contributed by atoms with E-state index < -0.39 is 0 Å². The standard InChI is InChI=1S/C12H19N5O2/c1-17(8-9-4-2-3-7-19-9)12-10(11(13)16-18)14-5-6-15-12/h5-6,9,18H,2-4,7-8H2,1H3,(H2,13,16). The van der Waals surface area contributed by atoms with Crippen LogP contribution < -0.4 is 10.6 Å². The van der Waals surface area contributed by atoms with Crippen molar-refractivity contribution in [1.29, 1.82) is 0 Å². The van der Waals surface area contributed by atoms with Crippen molar-refractivity contribution < 1.29 is 9.94 Å². The summed E-state index contributed by atoms with van der Waals surface area (Å²) in [4.78, 5) is 10.3. The van der Waals surface area contributed by atoms with Gasteiger partial charge in [0.25, 0.3) is 0 Å². The molecule has 1 fully saturated rings. The van der Waals surface area contributed by atoms with Crippen LogP contribution in [0.2, 0.25) is 0 Å². The van der Waals surface area contributed by atoms with Gasteiger partial charge in [0.05, 0.1) is 6.10 Å². The first-order valence-electron chi connectivity index (χ1n) is 6.34. The number of anilines is 1. The summed E-state index contributed by atoms with van der Waals surface area (Å²) in [7, 11) is 1.90. The van der Waals surface area contributed by atoms with Gasteiger partial charge in [0.2, 0.25) is 0 Å². The van der Waals surface area contributed by atoms with Crippen LogP contribution in [0.4, 0.5) is 5.82 Å². The Hall–Kier alpha value is -1.89. The van der Waals surface area contributed by atoms with Gasteiger partial charge < -0.3 is 20.6 Å². The Kier molecular flexibility index (Phi) is 4.51. The number of rotatable bonds is 4. The topological polar surface area (TPSA) is 96.9 Å². The highest BCUT2D eigenvalue weighted by molar-refractivity contribution is 5.99. The molecule has 1 aliphatic rings. The van der Waals surface area contributed by atoms with E-state index in [2.05, 4.69) is 15.1 Å². The monoisotopic (exact) mass is 265 g/mol. The Morgan fingerprint density at radius 3 is 3.00 bits per heavy atom. The first-order chi connectivity index (χ1) is 9.22. The minimum Gasteiger partial charge on any atom is -0.409 e. The average Bonchev–Trinajstić information content (AvgIpc) is 2.47. The van der Waals surface area contributed by atoms with Crippen molar-refractivity contribution in [3.05, 3.63) is 18.1 Å². The zero-order valence-electron chi connectivity index (χ0n) is 11.0. The number of nitrogens with two attached hydrogens (primary N) is 1. The lowest BCUT2D eigenvalue weighted by Crippen LogP contribution is -2.35. The maximum absolute atomic E-state index is 8.77. The van der Waals surface area contributed by atoms with Crippen molar-refractivity contribution in [1.82, 2.24) is 9.97 Å². The molecule has 2 rings (SSSR count). The fraction of sp³-hybridized carbons (Fsp3) is 0.583. The van der Waals surface area contributed by atoms with Crippen molar-refractivity contribution in [3.63, 3.8) is 0 Å². The van der Waals surface area contributed by atoms with E-state index in [1.54, 1.807) is 6.20 Å². The summed E-state index contributed by atoms with van der Waals surface area (Å²) in [6.45, 7) is 1.52. The molecule has 7 heteroatoms. The molecule has 1 unspecified atom stereocenters. The van der Waals surface area contributed by atoms with Gasteiger partial charge >= 0.3 is 0 Å². The minimum atomic E-state index is -0.0421. The molecule has 1 aromatic rings. The second-order valence-corrected chi connectivity index (χ2v) is 4.58. The van der Waals surface area contributed by atoms with Gasteiger partial charge in [-0.05, 0) is 19.3 Å². The quantitative estimate of drug-likeness (QED) is 0.358. The SMILES string of the molecule is CN(CC1CCCCO1)c1nccnc1C(N)=NO. The van der Waals surface area contributed by atoms with E-state index in [1.165, 1.54) is 12.6 Å². The molecule has 1 aromatic heterocycles. The maximum atomic E-state index is 8.77. The predicted molar refractivity (Wildman–Crippen MR) is 71.4 cm³/mol. The second-order valence-electron chi connectivity index (χ2n) is 4.58. The zero-order chi connectivity index (χ0) is 13.7. The molecule has 7 nitrogen and oxygen atoms in total. The van der Waals surface area contributed by atoms with Crippen LogP contribution in [0.25, 0.3) is 0 Å². The summed E-state index contributed by atoms with van der Waals surface area (Å²) in [5.74, 6) is 0.548. The van der Waals surface area contributed by atoms with Crippen LogP contribution in [0.5, 0.6) is 0 Å². The van der Waals surface area contributed by atoms with Crippen LogP contribution in [0.3, 0.4) is 0 Å². The molecule has 2 heterocycles. The van der Waals surface area contributed by atoms with E-state index in [9.17, 15) is 0 Å². The largest absolute Gasteiger partial charge is 0.409 e. The van der Waals surface area contributed by atoms with Gasteiger partial charge in [0.15, 0.2) is 17.3 Å². The molecule has 0 amide bonds. The fourth-order valence-electron chi connectivity index (χ4n) is 2.18. The van der Waals surface area contributed by atoms with Crippen molar-refractivity contribution in [2.24, 2.45) is 10.9 Å². The number of nitrogens with zero attached hydrogens (tertiary/aromatic N) is 4. The Morgan fingerprint density at radius 1 is 1.53 bits per heavy atom. The number of amidine groups is 1. The van der Waals surface area contributed by atoms with Gasteiger partial charge in [-0.25, -0.2) is 9.97 Å². The van der Waals surface area contributed by atoms with E-state index in [0.29, 0.717) is 18.1 Å². The third-order valence-electron chi connectivity index (χ3n) is 3.14. The van der Waals surface area contributed by atoms with E-state index in [1.807, 2.05) is 11.9 Å². The molecular weight excluding hydrogens is 246 g/mol. The summed E-state index contributed by atoms with van der Waals surface area (Å²) in [6, 6.07) is 0. The molecule has 19 heavy (non-hydrogen) atoms. The second kappa shape index (κ2) is 6.33. The number of likely N-dealkylation sites (N-methyl/N-ethyl adjacent to an activating group) is 1. The number of ether oxygens (including phenoxy) is 1. The molecule has 0 spiro atoms. The van der Waals surface area contributed by atoms with Crippen LogP contribution in [0.1, 0.15) is 25.0 Å². The molecule has 0 radical (unpaired) electrons. The fourth-order valence-corrected chi connectivity index (χ4v) is 2.18. The lowest BCUT2D eigenvalue weighted by Gasteiger charge is -2.28. The highest BCUT2D eigenvalue weighted by Gasteiger charge is 2.19. The van der Waals surface area contributed by atoms with E-state index in [0.717, 1.165) is 19.4 Å². The predicted octanol–water partition coefficient (Wildman–Crippen LogP) is 0.576. The summed E-state index contributed by atoms with van der Waals surface area (Å²) in [6.07, 6.45) is 6.65. The normalized spacial score (nSPS) is 20.3. The van der Waals surface area contributed by atoms with Crippen LogP contribution in [-0.2, 0) is 4.74 Å². The third-order valence-corrected chi connectivity index (χ3v) is 3.14. The van der Waals surface area contributed by atoms with E-state index >= 15 is 0 Å². The Bertz CT molecular complexity index is 446. The number of hydrogen-bond donors (Lipinski definition) is 2. The van der Waals surface area contributed by atoms with Gasteiger partial charge in [0, 0.05) is 32.6 Å². The first-order valence-corrected chi connectivity index (χ1v) is 6.34. The Labute approximate surface area is 112 Å². The number of aromatic nitrogens is 2. The maximum Gasteiger partial charge on any atom is 0.192 e. The molecular formula is C12H19N5O2.